The predicted octanol–water partition coefficient (Wildman–Crippen LogP) is 6.04. The quantitative estimate of drug-likeness (QED) is 0.470. The molecular formula is C28H40N2O4. The molecule has 0 aliphatic rings. The predicted molar refractivity (Wildman–Crippen MR) is 136 cm³/mol. The number of amides is 2. The SMILES string of the molecule is CC(C)(C)OC(=O)NC(CCC(Cc1ccccc1)NC(=O)OC(C)(C)C)Cc1ccccc1. The van der Waals surface area contributed by atoms with E-state index in [1.807, 2.05) is 102 Å². The first kappa shape index (κ1) is 27.2. The Morgan fingerprint density at radius 1 is 0.647 bits per heavy atom. The summed E-state index contributed by atoms with van der Waals surface area (Å²) in [7, 11) is 0. The minimum Gasteiger partial charge on any atom is -0.444 e. The lowest BCUT2D eigenvalue weighted by Gasteiger charge is -2.27. The van der Waals surface area contributed by atoms with Gasteiger partial charge >= 0.3 is 12.2 Å². The molecule has 0 saturated carbocycles. The zero-order valence-electron chi connectivity index (χ0n) is 21.4. The van der Waals surface area contributed by atoms with Crippen LogP contribution in [-0.2, 0) is 22.3 Å². The van der Waals surface area contributed by atoms with Gasteiger partial charge in [0, 0.05) is 12.1 Å². The summed E-state index contributed by atoms with van der Waals surface area (Å²) in [6.07, 6.45) is 1.80. The molecule has 0 aliphatic heterocycles. The third-order valence-electron chi connectivity index (χ3n) is 4.96. The fourth-order valence-electron chi connectivity index (χ4n) is 3.60. The van der Waals surface area contributed by atoms with Crippen molar-refractivity contribution in [3.05, 3.63) is 71.8 Å². The molecule has 0 fully saturated rings. The number of alkyl carbamates (subject to hydrolysis) is 2. The first-order valence-corrected chi connectivity index (χ1v) is 12.0. The van der Waals surface area contributed by atoms with Crippen molar-refractivity contribution in [3.63, 3.8) is 0 Å². The number of nitrogens with one attached hydrogen (secondary N) is 2. The zero-order valence-corrected chi connectivity index (χ0v) is 21.4. The van der Waals surface area contributed by atoms with Crippen LogP contribution in [0.4, 0.5) is 9.59 Å². The van der Waals surface area contributed by atoms with Gasteiger partial charge in [-0.05, 0) is 78.4 Å². The molecule has 0 spiro atoms. The van der Waals surface area contributed by atoms with Crippen LogP contribution in [0, 0.1) is 0 Å². The molecule has 0 saturated heterocycles. The number of hydrogen-bond donors (Lipinski definition) is 2. The second kappa shape index (κ2) is 12.4. The second-order valence-electron chi connectivity index (χ2n) is 10.6. The van der Waals surface area contributed by atoms with E-state index >= 15 is 0 Å². The molecular weight excluding hydrogens is 428 g/mol. The Labute approximate surface area is 204 Å². The van der Waals surface area contributed by atoms with E-state index in [9.17, 15) is 9.59 Å². The van der Waals surface area contributed by atoms with Gasteiger partial charge < -0.3 is 20.1 Å². The van der Waals surface area contributed by atoms with E-state index in [0.717, 1.165) is 11.1 Å². The molecule has 2 unspecified atom stereocenters. The van der Waals surface area contributed by atoms with Crippen LogP contribution < -0.4 is 10.6 Å². The fraction of sp³-hybridized carbons (Fsp3) is 0.500. The van der Waals surface area contributed by atoms with Crippen molar-refractivity contribution < 1.29 is 19.1 Å². The van der Waals surface area contributed by atoms with Crippen molar-refractivity contribution >= 4 is 12.2 Å². The zero-order chi connectivity index (χ0) is 25.2. The van der Waals surface area contributed by atoms with E-state index in [4.69, 9.17) is 9.47 Å². The van der Waals surface area contributed by atoms with Crippen LogP contribution in [0.5, 0.6) is 0 Å². The van der Waals surface area contributed by atoms with Gasteiger partial charge in [0.2, 0.25) is 0 Å². The van der Waals surface area contributed by atoms with E-state index in [1.165, 1.54) is 0 Å². The smallest absolute Gasteiger partial charge is 0.407 e. The highest BCUT2D eigenvalue weighted by Gasteiger charge is 2.23. The number of rotatable bonds is 9. The molecule has 2 N–H and O–H groups in total. The molecule has 0 aromatic heterocycles. The molecule has 0 heterocycles. The molecule has 2 amide bonds. The highest BCUT2D eigenvalue weighted by atomic mass is 16.6. The van der Waals surface area contributed by atoms with Crippen molar-refractivity contribution in [2.24, 2.45) is 0 Å². The van der Waals surface area contributed by atoms with E-state index in [2.05, 4.69) is 10.6 Å². The van der Waals surface area contributed by atoms with Crippen LogP contribution in [0.1, 0.15) is 65.5 Å². The summed E-state index contributed by atoms with van der Waals surface area (Å²) in [5.74, 6) is 0. The molecule has 0 radical (unpaired) electrons. The molecule has 2 rings (SSSR count). The molecule has 34 heavy (non-hydrogen) atoms. The van der Waals surface area contributed by atoms with Gasteiger partial charge in [0.05, 0.1) is 0 Å². The maximum absolute atomic E-state index is 12.5. The molecule has 2 atom stereocenters. The number of hydrogen-bond acceptors (Lipinski definition) is 4. The second-order valence-corrected chi connectivity index (χ2v) is 10.6. The summed E-state index contributed by atoms with van der Waals surface area (Å²) in [5.41, 5.74) is 1.11. The molecule has 0 bridgehead atoms. The first-order chi connectivity index (χ1) is 15.9. The summed E-state index contributed by atoms with van der Waals surface area (Å²) in [6, 6.07) is 19.8. The molecule has 2 aromatic rings. The molecule has 186 valence electrons. The van der Waals surface area contributed by atoms with Crippen LogP contribution in [-0.4, -0.2) is 35.5 Å². The maximum Gasteiger partial charge on any atom is 0.407 e. The summed E-state index contributed by atoms with van der Waals surface area (Å²) in [4.78, 5) is 25.0. The van der Waals surface area contributed by atoms with Crippen LogP contribution >= 0.6 is 0 Å². The van der Waals surface area contributed by atoms with E-state index in [-0.39, 0.29) is 12.1 Å². The van der Waals surface area contributed by atoms with Crippen molar-refractivity contribution in [2.45, 2.75) is 90.5 Å². The van der Waals surface area contributed by atoms with Crippen LogP contribution in [0.15, 0.2) is 60.7 Å². The van der Waals surface area contributed by atoms with E-state index in [0.29, 0.717) is 25.7 Å². The van der Waals surface area contributed by atoms with Crippen molar-refractivity contribution in [3.8, 4) is 0 Å². The van der Waals surface area contributed by atoms with Gasteiger partial charge in [-0.1, -0.05) is 60.7 Å². The van der Waals surface area contributed by atoms with Gasteiger partial charge in [0.1, 0.15) is 11.2 Å². The Morgan fingerprint density at radius 2 is 0.971 bits per heavy atom. The summed E-state index contributed by atoms with van der Waals surface area (Å²) < 4.78 is 11.0. The number of benzene rings is 2. The fourth-order valence-corrected chi connectivity index (χ4v) is 3.60. The highest BCUT2D eigenvalue weighted by molar-refractivity contribution is 5.68. The maximum atomic E-state index is 12.5. The van der Waals surface area contributed by atoms with Gasteiger partial charge in [-0.15, -0.1) is 0 Å². The van der Waals surface area contributed by atoms with Crippen molar-refractivity contribution in [1.82, 2.24) is 10.6 Å². The Morgan fingerprint density at radius 3 is 1.26 bits per heavy atom. The lowest BCUT2D eigenvalue weighted by Crippen LogP contribution is -2.43. The Bertz CT molecular complexity index is 811. The molecule has 6 heteroatoms. The van der Waals surface area contributed by atoms with E-state index < -0.39 is 23.4 Å². The van der Waals surface area contributed by atoms with Crippen molar-refractivity contribution in [2.75, 3.05) is 0 Å². The summed E-state index contributed by atoms with van der Waals surface area (Å²) >= 11 is 0. The number of carbonyl (C=O) groups excluding carboxylic acids is 2. The highest BCUT2D eigenvalue weighted by Crippen LogP contribution is 2.15. The number of ether oxygens (including phenoxy) is 2. The third-order valence-corrected chi connectivity index (χ3v) is 4.96. The van der Waals surface area contributed by atoms with E-state index in [1.54, 1.807) is 0 Å². The normalized spacial score (nSPS) is 13.5. The Balaban J connectivity index is 2.11. The minimum absolute atomic E-state index is 0.143. The van der Waals surface area contributed by atoms with Crippen molar-refractivity contribution in [1.29, 1.82) is 0 Å². The summed E-state index contributed by atoms with van der Waals surface area (Å²) in [6.45, 7) is 11.1. The van der Waals surface area contributed by atoms with Gasteiger partial charge in [0.15, 0.2) is 0 Å². The first-order valence-electron chi connectivity index (χ1n) is 12.0. The lowest BCUT2D eigenvalue weighted by atomic mass is 9.96. The van der Waals surface area contributed by atoms with Crippen LogP contribution in [0.25, 0.3) is 0 Å². The lowest BCUT2D eigenvalue weighted by molar-refractivity contribution is 0.0474. The average Bonchev–Trinajstić information content (AvgIpc) is 2.70. The van der Waals surface area contributed by atoms with Gasteiger partial charge in [0.25, 0.3) is 0 Å². The monoisotopic (exact) mass is 468 g/mol. The molecule has 0 aliphatic carbocycles. The van der Waals surface area contributed by atoms with Crippen LogP contribution in [0.2, 0.25) is 0 Å². The van der Waals surface area contributed by atoms with Gasteiger partial charge in [-0.2, -0.15) is 0 Å². The molecule has 2 aromatic carbocycles. The molecule has 6 nitrogen and oxygen atoms in total. The standard InChI is InChI=1S/C28H40N2O4/c1-27(2,3)33-25(31)29-23(19-21-13-9-7-10-14-21)17-18-24(20-22-15-11-8-12-16-22)30-26(32)34-28(4,5)6/h7-16,23-24H,17-20H2,1-6H3,(H,29,31)(H,30,32). The topological polar surface area (TPSA) is 76.7 Å². The minimum atomic E-state index is -0.574. The number of carbonyl (C=O) groups is 2. The van der Waals surface area contributed by atoms with Gasteiger partial charge in [-0.25, -0.2) is 9.59 Å². The van der Waals surface area contributed by atoms with Gasteiger partial charge in [-0.3, -0.25) is 0 Å². The summed E-state index contributed by atoms with van der Waals surface area (Å²) in [5, 5.41) is 6.06. The van der Waals surface area contributed by atoms with Crippen LogP contribution in [0.3, 0.4) is 0 Å². The average molecular weight is 469 g/mol. The largest absolute Gasteiger partial charge is 0.444 e. The Kier molecular flexibility index (Phi) is 9.97. The Hall–Kier alpha value is -3.02. The third kappa shape index (κ3) is 11.7.